The van der Waals surface area contributed by atoms with Crippen LogP contribution in [0.15, 0.2) is 39.9 Å². The fourth-order valence-electron chi connectivity index (χ4n) is 3.49. The van der Waals surface area contributed by atoms with Gasteiger partial charge in [0.15, 0.2) is 17.5 Å². The molecule has 0 bridgehead atoms. The minimum absolute atomic E-state index is 0. The monoisotopic (exact) mass is 560 g/mol. The maximum atomic E-state index is 5.69. The van der Waals surface area contributed by atoms with E-state index in [1.165, 1.54) is 0 Å². The van der Waals surface area contributed by atoms with E-state index in [-0.39, 0.29) is 30.0 Å². The molecule has 0 aliphatic heterocycles. The Morgan fingerprint density at radius 1 is 1.03 bits per heavy atom. The van der Waals surface area contributed by atoms with E-state index in [0.717, 1.165) is 36.9 Å². The van der Waals surface area contributed by atoms with Crippen LogP contribution in [0.1, 0.15) is 38.1 Å². The maximum Gasteiger partial charge on any atom is 0.203 e. The molecule has 8 nitrogen and oxygen atoms in total. The summed E-state index contributed by atoms with van der Waals surface area (Å²) in [5.74, 6) is 3.48. The first kappa shape index (κ1) is 27.9. The summed E-state index contributed by atoms with van der Waals surface area (Å²) in [5.41, 5.74) is 0.957. The standard InChI is InChI=1S/C23H36N4O4.HI/c1-7-24-23(26-16-18(27(8-2)9-3)19-11-10-12-31-19)25-15-17-13-20(28-4)22(30-6)21(14-17)29-5;/h10-14,18H,7-9,15-16H2,1-6H3,(H2,24,25,26);1H. The van der Waals surface area contributed by atoms with Gasteiger partial charge in [-0.25, -0.2) is 4.99 Å². The largest absolute Gasteiger partial charge is 0.493 e. The highest BCUT2D eigenvalue weighted by molar-refractivity contribution is 14.0. The molecule has 0 aliphatic carbocycles. The SMILES string of the molecule is CCNC(=NCc1cc(OC)c(OC)c(OC)c1)NCC(c1ccco1)N(CC)CC.I. The van der Waals surface area contributed by atoms with Crippen LogP contribution in [-0.4, -0.2) is 58.4 Å². The number of hydrogen-bond acceptors (Lipinski definition) is 6. The first-order chi connectivity index (χ1) is 15.1. The normalized spacial score (nSPS) is 12.2. The van der Waals surface area contributed by atoms with E-state index >= 15 is 0 Å². The molecule has 2 aromatic rings. The zero-order chi connectivity index (χ0) is 22.6. The van der Waals surface area contributed by atoms with Gasteiger partial charge in [-0.15, -0.1) is 24.0 Å². The second kappa shape index (κ2) is 14.8. The number of aliphatic imine (C=N–C) groups is 1. The van der Waals surface area contributed by atoms with E-state index in [2.05, 4.69) is 29.4 Å². The van der Waals surface area contributed by atoms with E-state index in [1.54, 1.807) is 27.6 Å². The summed E-state index contributed by atoms with van der Waals surface area (Å²) in [5, 5.41) is 6.77. The summed E-state index contributed by atoms with van der Waals surface area (Å²) < 4.78 is 22.0. The summed E-state index contributed by atoms with van der Waals surface area (Å²) in [7, 11) is 4.81. The molecule has 0 radical (unpaired) electrons. The van der Waals surface area contributed by atoms with Gasteiger partial charge in [0.25, 0.3) is 0 Å². The minimum atomic E-state index is 0. The Bertz CT molecular complexity index is 785. The first-order valence-corrected chi connectivity index (χ1v) is 10.7. The van der Waals surface area contributed by atoms with Crippen molar-refractivity contribution in [1.29, 1.82) is 0 Å². The van der Waals surface area contributed by atoms with Crippen LogP contribution in [-0.2, 0) is 6.54 Å². The quantitative estimate of drug-likeness (QED) is 0.230. The van der Waals surface area contributed by atoms with Crippen molar-refractivity contribution in [2.45, 2.75) is 33.4 Å². The zero-order valence-corrected chi connectivity index (χ0v) is 22.3. The Labute approximate surface area is 208 Å². The number of methoxy groups -OCH3 is 3. The molecule has 0 spiro atoms. The molecule has 0 aliphatic rings. The van der Waals surface area contributed by atoms with Gasteiger partial charge < -0.3 is 29.3 Å². The van der Waals surface area contributed by atoms with Crippen LogP contribution in [0.25, 0.3) is 0 Å². The van der Waals surface area contributed by atoms with Gasteiger partial charge in [0.1, 0.15) is 5.76 Å². The third kappa shape index (κ3) is 7.47. The molecule has 1 atom stereocenters. The van der Waals surface area contributed by atoms with Gasteiger partial charge in [0.05, 0.1) is 40.2 Å². The molecule has 0 fully saturated rings. The molecule has 0 saturated heterocycles. The molecule has 1 unspecified atom stereocenters. The number of rotatable bonds is 12. The Hall–Kier alpha value is -2.14. The van der Waals surface area contributed by atoms with Crippen LogP contribution >= 0.6 is 24.0 Å². The van der Waals surface area contributed by atoms with Gasteiger partial charge in [-0.3, -0.25) is 4.90 Å². The van der Waals surface area contributed by atoms with Gasteiger partial charge in [-0.2, -0.15) is 0 Å². The topological polar surface area (TPSA) is 80.5 Å². The Kier molecular flexibility index (Phi) is 12.9. The Balaban J connectivity index is 0.00000512. The molecule has 0 saturated carbocycles. The van der Waals surface area contributed by atoms with Crippen LogP contribution in [0.3, 0.4) is 0 Å². The zero-order valence-electron chi connectivity index (χ0n) is 19.9. The molecule has 2 rings (SSSR count). The summed E-state index contributed by atoms with van der Waals surface area (Å²) >= 11 is 0. The van der Waals surface area contributed by atoms with Crippen LogP contribution in [0.5, 0.6) is 17.2 Å². The first-order valence-electron chi connectivity index (χ1n) is 10.7. The summed E-state index contributed by atoms with van der Waals surface area (Å²) in [4.78, 5) is 7.10. The van der Waals surface area contributed by atoms with Gasteiger partial charge >= 0.3 is 0 Å². The fraction of sp³-hybridized carbons (Fsp3) is 0.522. The van der Waals surface area contributed by atoms with Gasteiger partial charge in [-0.1, -0.05) is 13.8 Å². The van der Waals surface area contributed by atoms with E-state index < -0.39 is 0 Å². The Morgan fingerprint density at radius 2 is 1.69 bits per heavy atom. The summed E-state index contributed by atoms with van der Waals surface area (Å²) in [6.07, 6.45) is 1.72. The lowest BCUT2D eigenvalue weighted by molar-refractivity contribution is 0.193. The third-order valence-electron chi connectivity index (χ3n) is 5.08. The highest BCUT2D eigenvalue weighted by Gasteiger charge is 2.21. The Morgan fingerprint density at radius 3 is 2.16 bits per heavy atom. The predicted molar refractivity (Wildman–Crippen MR) is 139 cm³/mol. The highest BCUT2D eigenvalue weighted by Crippen LogP contribution is 2.38. The molecular formula is C23H37IN4O4. The number of likely N-dealkylation sites (N-methyl/N-ethyl adjacent to an activating group) is 1. The average molecular weight is 560 g/mol. The van der Waals surface area contributed by atoms with Gasteiger partial charge in [0, 0.05) is 13.1 Å². The molecule has 32 heavy (non-hydrogen) atoms. The number of guanidine groups is 1. The fourth-order valence-corrected chi connectivity index (χ4v) is 3.49. The van der Waals surface area contributed by atoms with Crippen LogP contribution in [0.4, 0.5) is 0 Å². The number of benzene rings is 1. The van der Waals surface area contributed by atoms with Crippen molar-refractivity contribution in [3.8, 4) is 17.2 Å². The van der Waals surface area contributed by atoms with Gasteiger partial charge in [-0.05, 0) is 49.8 Å². The van der Waals surface area contributed by atoms with E-state index in [1.807, 2.05) is 31.2 Å². The number of furan rings is 1. The molecule has 9 heteroatoms. The molecule has 1 heterocycles. The average Bonchev–Trinajstić information content (AvgIpc) is 3.33. The molecular weight excluding hydrogens is 523 g/mol. The van der Waals surface area contributed by atoms with E-state index in [9.17, 15) is 0 Å². The van der Waals surface area contributed by atoms with Gasteiger partial charge in [0.2, 0.25) is 5.75 Å². The second-order valence-electron chi connectivity index (χ2n) is 6.86. The number of hydrogen-bond donors (Lipinski definition) is 2. The smallest absolute Gasteiger partial charge is 0.203 e. The third-order valence-corrected chi connectivity index (χ3v) is 5.08. The van der Waals surface area contributed by atoms with Crippen molar-refractivity contribution in [2.75, 3.05) is 47.5 Å². The molecule has 1 aromatic heterocycles. The number of ether oxygens (including phenoxy) is 3. The van der Waals surface area contributed by atoms with Crippen LogP contribution in [0, 0.1) is 0 Å². The lowest BCUT2D eigenvalue weighted by Crippen LogP contribution is -2.43. The highest BCUT2D eigenvalue weighted by atomic mass is 127. The summed E-state index contributed by atoms with van der Waals surface area (Å²) in [6.45, 7) is 10.1. The van der Waals surface area contributed by atoms with Crippen LogP contribution < -0.4 is 24.8 Å². The van der Waals surface area contributed by atoms with E-state index in [0.29, 0.717) is 30.3 Å². The number of nitrogens with zero attached hydrogens (tertiary/aromatic N) is 2. The lowest BCUT2D eigenvalue weighted by Gasteiger charge is -2.28. The number of halogens is 1. The summed E-state index contributed by atoms with van der Waals surface area (Å²) in [6, 6.07) is 7.89. The lowest BCUT2D eigenvalue weighted by atomic mass is 10.2. The second-order valence-corrected chi connectivity index (χ2v) is 6.86. The van der Waals surface area contributed by atoms with Crippen molar-refractivity contribution in [1.82, 2.24) is 15.5 Å². The van der Waals surface area contributed by atoms with Crippen LogP contribution in [0.2, 0.25) is 0 Å². The van der Waals surface area contributed by atoms with Crippen molar-refractivity contribution < 1.29 is 18.6 Å². The molecule has 0 amide bonds. The molecule has 2 N–H and O–H groups in total. The van der Waals surface area contributed by atoms with Crippen molar-refractivity contribution in [3.63, 3.8) is 0 Å². The predicted octanol–water partition coefficient (Wildman–Crippen LogP) is 4.06. The minimum Gasteiger partial charge on any atom is -0.493 e. The van der Waals surface area contributed by atoms with Crippen molar-refractivity contribution in [3.05, 3.63) is 41.9 Å². The van der Waals surface area contributed by atoms with Crippen molar-refractivity contribution >= 4 is 29.9 Å². The van der Waals surface area contributed by atoms with E-state index in [4.69, 9.17) is 23.6 Å². The number of nitrogens with one attached hydrogen (secondary N) is 2. The molecule has 180 valence electrons. The maximum absolute atomic E-state index is 5.69. The molecule has 1 aromatic carbocycles. The van der Waals surface area contributed by atoms with Crippen molar-refractivity contribution in [2.24, 2.45) is 4.99 Å².